The van der Waals surface area contributed by atoms with Crippen LogP contribution in [0, 0.1) is 37.2 Å². The summed E-state index contributed by atoms with van der Waals surface area (Å²) < 4.78 is 6.96. The van der Waals surface area contributed by atoms with Gasteiger partial charge in [0.2, 0.25) is 0 Å². The summed E-state index contributed by atoms with van der Waals surface area (Å²) in [6.45, 7) is 4.33. The van der Waals surface area contributed by atoms with Crippen molar-refractivity contribution in [1.29, 1.82) is 0 Å². The first-order valence-corrected chi connectivity index (χ1v) is 7.00. The third-order valence-electron chi connectivity index (χ3n) is 3.58. The average Bonchev–Trinajstić information content (AvgIpc) is 3.17. The largest absolute Gasteiger partial charge is 0.495 e. The second-order valence-corrected chi connectivity index (χ2v) is 5.15. The summed E-state index contributed by atoms with van der Waals surface area (Å²) in [5, 5.41) is 17.0. The monoisotopic (exact) mass is 552 g/mol. The number of benzene rings is 1. The Morgan fingerprint density at radius 1 is 1.58 bits per heavy atom. The molecule has 1 fully saturated rings. The first-order valence-electron chi connectivity index (χ1n) is 7.00. The average molecular weight is 552 g/mol. The summed E-state index contributed by atoms with van der Waals surface area (Å²) in [5.74, 6) is -0.0810. The quantitative estimate of drug-likeness (QED) is 0.448. The molecule has 1 N–H and O–H groups in total. The number of rotatable bonds is 5. The topological polar surface area (TPSA) is 83.7 Å². The number of anilines is 2. The number of cyclic esters (lactones) is 1. The van der Waals surface area contributed by atoms with Crippen LogP contribution in [0.2, 0.25) is 0 Å². The number of aromatic nitrogens is 3. The van der Waals surface area contributed by atoms with Gasteiger partial charge in [0.15, 0.2) is 5.88 Å². The molecule has 8 nitrogen and oxygen atoms in total. The van der Waals surface area contributed by atoms with E-state index in [1.807, 2.05) is 0 Å². The van der Waals surface area contributed by atoms with Crippen LogP contribution in [0.3, 0.4) is 0 Å². The third-order valence-corrected chi connectivity index (χ3v) is 3.58. The maximum Gasteiger partial charge on any atom is 0.403 e. The van der Waals surface area contributed by atoms with Gasteiger partial charge in [0, 0.05) is 44.4 Å². The molecule has 24 heavy (non-hydrogen) atoms. The van der Waals surface area contributed by atoms with Crippen molar-refractivity contribution in [2.75, 3.05) is 23.4 Å². The van der Waals surface area contributed by atoms with Gasteiger partial charge in [-0.05, 0) is 6.58 Å². The molecule has 1 aromatic heterocycles. The SMILES string of the molecule is C=C(O)N(C)c1[c-]cc(N2C[C@H](Cn3ccnn3)OC2=O)cc1.[U]. The summed E-state index contributed by atoms with van der Waals surface area (Å²) in [7, 11) is 1.67. The molecule has 3 rings (SSSR count). The zero-order valence-electron chi connectivity index (χ0n) is 13.1. The molecule has 1 saturated heterocycles. The Morgan fingerprint density at radius 3 is 2.96 bits per heavy atom. The van der Waals surface area contributed by atoms with E-state index in [0.29, 0.717) is 24.5 Å². The standard InChI is InChI=1S/C15H16N5O3.U/c1-11(21)18(2)12-3-5-13(6-4-12)20-10-14(23-15(20)22)9-19-8-7-16-17-19;/h3,5-8,14,21H,1,9-10H2,2H3;/q-1;/t14-;/m0./s1. The first kappa shape index (κ1) is 18.4. The Labute approximate surface area is 163 Å². The molecule has 1 amide bonds. The molecule has 2 heterocycles. The third kappa shape index (κ3) is 3.91. The number of nitrogens with zero attached hydrogens (tertiary/aromatic N) is 5. The normalized spacial score (nSPS) is 16.5. The Hall–Kier alpha value is -1.98. The van der Waals surface area contributed by atoms with Crippen molar-refractivity contribution in [3.8, 4) is 0 Å². The van der Waals surface area contributed by atoms with Gasteiger partial charge in [-0.15, -0.1) is 17.2 Å². The number of carbonyl (C=O) groups excluding carboxylic acids is 1. The molecule has 0 aliphatic carbocycles. The molecule has 124 valence electrons. The Bertz CT molecular complexity index is 704. The van der Waals surface area contributed by atoms with Crippen LogP contribution in [0.15, 0.2) is 43.1 Å². The molecular formula is C15H16N5O3U-. The smallest absolute Gasteiger partial charge is 0.403 e. The first-order chi connectivity index (χ1) is 11.0. The molecular weight excluding hydrogens is 536 g/mol. The molecule has 0 unspecified atom stereocenters. The predicted octanol–water partition coefficient (Wildman–Crippen LogP) is 1.57. The molecule has 0 spiro atoms. The van der Waals surface area contributed by atoms with Crippen molar-refractivity contribution in [3.63, 3.8) is 0 Å². The van der Waals surface area contributed by atoms with Crippen LogP contribution in [0.4, 0.5) is 16.2 Å². The van der Waals surface area contributed by atoms with E-state index in [0.717, 1.165) is 0 Å². The molecule has 0 saturated carbocycles. The Balaban J connectivity index is 0.00000208. The summed E-state index contributed by atoms with van der Waals surface area (Å²) in [6, 6.07) is 8.19. The maximum atomic E-state index is 12.0. The fourth-order valence-corrected chi connectivity index (χ4v) is 2.29. The van der Waals surface area contributed by atoms with Crippen molar-refractivity contribution < 1.29 is 45.8 Å². The van der Waals surface area contributed by atoms with E-state index < -0.39 is 6.09 Å². The molecule has 2 aromatic rings. The Kier molecular flexibility index (Phi) is 5.91. The van der Waals surface area contributed by atoms with Gasteiger partial charge in [-0.1, -0.05) is 16.6 Å². The second kappa shape index (κ2) is 7.73. The number of hydrogen-bond acceptors (Lipinski definition) is 6. The molecule has 1 aromatic carbocycles. The van der Waals surface area contributed by atoms with Crippen LogP contribution in [0.25, 0.3) is 0 Å². The number of aliphatic hydroxyl groups excluding tert-OH is 1. The molecule has 1 aliphatic heterocycles. The number of carbonyl (C=O) groups is 1. The van der Waals surface area contributed by atoms with Crippen molar-refractivity contribution >= 4 is 17.5 Å². The number of amides is 1. The van der Waals surface area contributed by atoms with Crippen molar-refractivity contribution in [2.45, 2.75) is 12.6 Å². The minimum Gasteiger partial charge on any atom is -0.495 e. The number of aliphatic hydroxyl groups is 1. The minimum absolute atomic E-state index is 0. The zero-order valence-corrected chi connectivity index (χ0v) is 17.2. The summed E-state index contributed by atoms with van der Waals surface area (Å²) in [4.78, 5) is 15.0. The van der Waals surface area contributed by atoms with Gasteiger partial charge in [0.05, 0.1) is 19.3 Å². The van der Waals surface area contributed by atoms with Crippen LogP contribution in [0.5, 0.6) is 0 Å². The van der Waals surface area contributed by atoms with Gasteiger partial charge in [-0.3, -0.25) is 0 Å². The summed E-state index contributed by atoms with van der Waals surface area (Å²) in [6.07, 6.45) is 2.60. The van der Waals surface area contributed by atoms with E-state index in [1.165, 1.54) is 9.80 Å². The van der Waals surface area contributed by atoms with Gasteiger partial charge in [-0.2, -0.15) is 12.1 Å². The molecule has 0 bridgehead atoms. The van der Waals surface area contributed by atoms with E-state index in [9.17, 15) is 9.90 Å². The second-order valence-electron chi connectivity index (χ2n) is 5.15. The van der Waals surface area contributed by atoms with Gasteiger partial charge >= 0.3 is 6.09 Å². The summed E-state index contributed by atoms with van der Waals surface area (Å²) in [5.41, 5.74) is 1.32. The molecule has 9 heteroatoms. The summed E-state index contributed by atoms with van der Waals surface area (Å²) >= 11 is 0. The van der Waals surface area contributed by atoms with Crippen LogP contribution in [-0.4, -0.2) is 45.9 Å². The Morgan fingerprint density at radius 2 is 2.38 bits per heavy atom. The number of hydrogen-bond donors (Lipinski definition) is 1. The van der Waals surface area contributed by atoms with E-state index in [2.05, 4.69) is 23.0 Å². The van der Waals surface area contributed by atoms with Crippen molar-refractivity contribution in [2.24, 2.45) is 0 Å². The minimum atomic E-state index is -0.406. The van der Waals surface area contributed by atoms with E-state index in [4.69, 9.17) is 4.74 Å². The van der Waals surface area contributed by atoms with Gasteiger partial charge in [0.25, 0.3) is 0 Å². The van der Waals surface area contributed by atoms with Crippen LogP contribution >= 0.6 is 0 Å². The van der Waals surface area contributed by atoms with Gasteiger partial charge in [0.1, 0.15) is 6.10 Å². The van der Waals surface area contributed by atoms with Crippen LogP contribution < -0.4 is 9.80 Å². The zero-order chi connectivity index (χ0) is 16.4. The predicted molar refractivity (Wildman–Crippen MR) is 83.1 cm³/mol. The molecule has 0 radical (unpaired) electrons. The van der Waals surface area contributed by atoms with E-state index in [-0.39, 0.29) is 43.1 Å². The van der Waals surface area contributed by atoms with E-state index in [1.54, 1.807) is 42.3 Å². The van der Waals surface area contributed by atoms with Crippen LogP contribution in [0.1, 0.15) is 0 Å². The van der Waals surface area contributed by atoms with Crippen molar-refractivity contribution in [1.82, 2.24) is 15.0 Å². The maximum absolute atomic E-state index is 12.0. The van der Waals surface area contributed by atoms with Gasteiger partial charge < -0.3 is 19.6 Å². The van der Waals surface area contributed by atoms with Gasteiger partial charge in [-0.25, -0.2) is 9.48 Å². The van der Waals surface area contributed by atoms with E-state index >= 15 is 0 Å². The fraction of sp³-hybridized carbons (Fsp3) is 0.267. The van der Waals surface area contributed by atoms with Crippen LogP contribution in [-0.2, 0) is 11.3 Å². The molecule has 1 aliphatic rings. The fourth-order valence-electron chi connectivity index (χ4n) is 2.29. The molecule has 1 atom stereocenters. The van der Waals surface area contributed by atoms with Crippen molar-refractivity contribution in [3.05, 3.63) is 49.1 Å². The number of ether oxygens (including phenoxy) is 1.